The predicted octanol–water partition coefficient (Wildman–Crippen LogP) is 4.50. The molecule has 0 aliphatic carbocycles. The molecule has 0 amide bonds. The van der Waals surface area contributed by atoms with Crippen molar-refractivity contribution in [2.24, 2.45) is 5.92 Å². The summed E-state index contributed by atoms with van der Waals surface area (Å²) in [6, 6.07) is 0. The lowest BCUT2D eigenvalue weighted by Gasteiger charge is -2.24. The van der Waals surface area contributed by atoms with Gasteiger partial charge in [0.15, 0.2) is 0 Å². The molecule has 0 aliphatic heterocycles. The molecule has 0 spiro atoms. The van der Waals surface area contributed by atoms with E-state index in [0.29, 0.717) is 5.92 Å². The molecule has 0 saturated carbocycles. The Hall–Kier alpha value is -0.0800. The third kappa shape index (κ3) is 10.0. The first-order valence-corrected chi connectivity index (χ1v) is 5.74. The maximum Gasteiger partial charge on any atom is 0.1000 e. The molecule has 0 aromatic rings. The van der Waals surface area contributed by atoms with Gasteiger partial charge < -0.3 is 0 Å². The monoisotopic (exact) mass is 204 g/mol. The van der Waals surface area contributed by atoms with E-state index in [1.807, 2.05) is 27.7 Å². The molecule has 0 heterocycles. The Morgan fingerprint density at radius 2 is 1.43 bits per heavy atom. The Balaban J connectivity index is 0. The van der Waals surface area contributed by atoms with Gasteiger partial charge in [0.25, 0.3) is 0 Å². The Bertz CT molecular complexity index is 105. The average molecular weight is 204 g/mol. The molecule has 0 aromatic carbocycles. The number of hydrogen-bond acceptors (Lipinski definition) is 2. The summed E-state index contributed by atoms with van der Waals surface area (Å²) in [7, 11) is 0. The molecule has 0 aromatic heterocycles. The van der Waals surface area contributed by atoms with Crippen molar-refractivity contribution < 1.29 is 10.1 Å². The van der Waals surface area contributed by atoms with Crippen LogP contribution in [0.3, 0.4) is 0 Å². The van der Waals surface area contributed by atoms with Gasteiger partial charge in [0.05, 0.1) is 5.60 Å². The van der Waals surface area contributed by atoms with Crippen molar-refractivity contribution >= 4 is 0 Å². The van der Waals surface area contributed by atoms with E-state index in [2.05, 4.69) is 18.7 Å². The minimum Gasteiger partial charge on any atom is -0.251 e. The topological polar surface area (TPSA) is 29.5 Å². The van der Waals surface area contributed by atoms with Gasteiger partial charge in [-0.1, -0.05) is 53.4 Å². The highest BCUT2D eigenvalue weighted by atomic mass is 17.1. The number of rotatable bonds is 5. The van der Waals surface area contributed by atoms with Gasteiger partial charge in [-0.15, -0.1) is 0 Å². The Morgan fingerprint density at radius 1 is 1.07 bits per heavy atom. The first kappa shape index (κ1) is 16.4. The smallest absolute Gasteiger partial charge is 0.1000 e. The zero-order valence-corrected chi connectivity index (χ0v) is 10.8. The van der Waals surface area contributed by atoms with E-state index < -0.39 is 5.60 Å². The second kappa shape index (κ2) is 9.47. The fourth-order valence-corrected chi connectivity index (χ4v) is 0.605. The third-order valence-electron chi connectivity index (χ3n) is 2.58. The lowest BCUT2D eigenvalue weighted by atomic mass is 9.95. The number of hydrogen-bond donors (Lipinski definition) is 1. The Morgan fingerprint density at radius 3 is 1.50 bits per heavy atom. The molecule has 0 atom stereocenters. The van der Waals surface area contributed by atoms with Gasteiger partial charge in [0, 0.05) is 0 Å². The first-order valence-electron chi connectivity index (χ1n) is 5.74. The summed E-state index contributed by atoms with van der Waals surface area (Å²) in [5.74, 6) is 0.340. The largest absolute Gasteiger partial charge is 0.251 e. The molecule has 0 saturated heterocycles. The fourth-order valence-electron chi connectivity index (χ4n) is 0.605. The van der Waals surface area contributed by atoms with Crippen molar-refractivity contribution in [3.8, 4) is 0 Å². The highest BCUT2D eigenvalue weighted by Gasteiger charge is 2.22. The van der Waals surface area contributed by atoms with Crippen molar-refractivity contribution in [3.05, 3.63) is 0 Å². The van der Waals surface area contributed by atoms with Crippen LogP contribution in [0.4, 0.5) is 0 Å². The minimum absolute atomic E-state index is 0.340. The van der Waals surface area contributed by atoms with Crippen molar-refractivity contribution in [1.82, 2.24) is 0 Å². The molecule has 0 fully saturated rings. The fraction of sp³-hybridized carbons (Fsp3) is 1.00. The van der Waals surface area contributed by atoms with Crippen LogP contribution in [-0.2, 0) is 4.89 Å². The van der Waals surface area contributed by atoms with Gasteiger partial charge in [-0.2, -0.15) is 0 Å². The summed E-state index contributed by atoms with van der Waals surface area (Å²) in [6.45, 7) is 12.1. The molecule has 0 unspecified atom stereocenters. The lowest BCUT2D eigenvalue weighted by molar-refractivity contribution is -0.323. The van der Waals surface area contributed by atoms with Crippen LogP contribution >= 0.6 is 0 Å². The van der Waals surface area contributed by atoms with Gasteiger partial charge in [-0.25, -0.2) is 4.89 Å². The second-order valence-electron chi connectivity index (χ2n) is 4.56. The molecule has 2 heteroatoms. The number of unbranched alkanes of at least 4 members (excludes halogenated alkanes) is 3. The van der Waals surface area contributed by atoms with Crippen molar-refractivity contribution in [2.75, 3.05) is 0 Å². The molecule has 88 valence electrons. The van der Waals surface area contributed by atoms with Crippen LogP contribution < -0.4 is 0 Å². The zero-order valence-electron chi connectivity index (χ0n) is 10.8. The molecular weight excluding hydrogens is 176 g/mol. The molecule has 0 aliphatic rings. The van der Waals surface area contributed by atoms with E-state index in [9.17, 15) is 0 Å². The van der Waals surface area contributed by atoms with Crippen LogP contribution in [0.2, 0.25) is 0 Å². The molecule has 2 nitrogen and oxygen atoms in total. The van der Waals surface area contributed by atoms with Crippen molar-refractivity contribution in [2.45, 2.75) is 72.8 Å². The summed E-state index contributed by atoms with van der Waals surface area (Å²) in [4.78, 5) is 4.20. The standard InChI is InChI=1S/C6H14O2.C6H14/c1-5(2)6(3,4)8-7;1-3-5-6-4-2/h5,7H,1-4H3;3-6H2,1-2H3. The lowest BCUT2D eigenvalue weighted by Crippen LogP contribution is -2.29. The zero-order chi connectivity index (χ0) is 11.6. The van der Waals surface area contributed by atoms with E-state index in [-0.39, 0.29) is 0 Å². The van der Waals surface area contributed by atoms with E-state index in [4.69, 9.17) is 5.26 Å². The van der Waals surface area contributed by atoms with Crippen LogP contribution in [0.15, 0.2) is 0 Å². The molecule has 14 heavy (non-hydrogen) atoms. The van der Waals surface area contributed by atoms with E-state index in [1.165, 1.54) is 25.7 Å². The predicted molar refractivity (Wildman–Crippen MR) is 62.4 cm³/mol. The quantitative estimate of drug-likeness (QED) is 0.406. The van der Waals surface area contributed by atoms with E-state index in [0.717, 1.165) is 0 Å². The van der Waals surface area contributed by atoms with Crippen LogP contribution in [0.1, 0.15) is 67.2 Å². The minimum atomic E-state index is -0.403. The second-order valence-corrected chi connectivity index (χ2v) is 4.56. The van der Waals surface area contributed by atoms with Gasteiger partial charge >= 0.3 is 0 Å². The van der Waals surface area contributed by atoms with Crippen LogP contribution in [0, 0.1) is 5.92 Å². The summed E-state index contributed by atoms with van der Waals surface area (Å²) < 4.78 is 0. The van der Waals surface area contributed by atoms with Crippen molar-refractivity contribution in [3.63, 3.8) is 0 Å². The van der Waals surface area contributed by atoms with E-state index in [1.54, 1.807) is 0 Å². The maximum absolute atomic E-state index is 8.26. The summed E-state index contributed by atoms with van der Waals surface area (Å²) >= 11 is 0. The highest BCUT2D eigenvalue weighted by molar-refractivity contribution is 4.69. The van der Waals surface area contributed by atoms with Gasteiger partial charge in [-0.3, -0.25) is 5.26 Å². The van der Waals surface area contributed by atoms with Gasteiger partial charge in [0.1, 0.15) is 0 Å². The first-order chi connectivity index (χ1) is 6.42. The van der Waals surface area contributed by atoms with Crippen LogP contribution in [-0.4, -0.2) is 10.9 Å². The molecule has 0 rings (SSSR count). The summed E-state index contributed by atoms with van der Waals surface area (Å²) in [6.07, 6.45) is 5.54. The van der Waals surface area contributed by atoms with Crippen molar-refractivity contribution in [1.29, 1.82) is 0 Å². The summed E-state index contributed by atoms with van der Waals surface area (Å²) in [5, 5.41) is 8.26. The van der Waals surface area contributed by atoms with Crippen LogP contribution in [0.25, 0.3) is 0 Å². The normalized spacial score (nSPS) is 11.1. The SMILES string of the molecule is CC(C)C(C)(C)OO.CCCCCC. The molecule has 0 radical (unpaired) electrons. The Kier molecular flexibility index (Phi) is 11.1. The van der Waals surface area contributed by atoms with Gasteiger partial charge in [-0.05, 0) is 19.8 Å². The Labute approximate surface area is 89.6 Å². The van der Waals surface area contributed by atoms with E-state index >= 15 is 0 Å². The van der Waals surface area contributed by atoms with Gasteiger partial charge in [0.2, 0.25) is 0 Å². The average Bonchev–Trinajstić information content (AvgIpc) is 2.15. The molecule has 1 N–H and O–H groups in total. The maximum atomic E-state index is 8.26. The third-order valence-corrected chi connectivity index (χ3v) is 2.58. The summed E-state index contributed by atoms with van der Waals surface area (Å²) in [5.41, 5.74) is -0.403. The molecular formula is C12H28O2. The van der Waals surface area contributed by atoms with Crippen LogP contribution in [0.5, 0.6) is 0 Å². The molecule has 0 bridgehead atoms. The highest BCUT2D eigenvalue weighted by Crippen LogP contribution is 2.17.